The summed E-state index contributed by atoms with van der Waals surface area (Å²) < 4.78 is 2.60. The maximum absolute atomic E-state index is 3.68. The van der Waals surface area contributed by atoms with Gasteiger partial charge in [-0.05, 0) is 32.6 Å². The Bertz CT molecular complexity index is 635. The molecule has 2 nitrogen and oxygen atoms in total. The smallest absolute Gasteiger partial charge is 0.247 e. The van der Waals surface area contributed by atoms with Gasteiger partial charge in [-0.3, -0.25) is 0 Å². The van der Waals surface area contributed by atoms with Gasteiger partial charge in [-0.25, -0.2) is 9.55 Å². The first-order chi connectivity index (χ1) is 20.2. The van der Waals surface area contributed by atoms with Crippen LogP contribution in [0.1, 0.15) is 238 Å². The molecule has 0 saturated carbocycles. The van der Waals surface area contributed by atoms with Crippen molar-refractivity contribution in [2.24, 2.45) is 0 Å². The number of hydrogen-bond donors (Lipinski definition) is 1. The summed E-state index contributed by atoms with van der Waals surface area (Å²) in [6.07, 6.45) is 47.3. The fourth-order valence-corrected chi connectivity index (χ4v) is 6.84. The van der Waals surface area contributed by atoms with Crippen molar-refractivity contribution in [3.05, 3.63) is 18.2 Å². The average Bonchev–Trinajstić information content (AvgIpc) is 3.47. The summed E-state index contributed by atoms with van der Waals surface area (Å²) in [6, 6.07) is 0.621. The third-order valence-electron chi connectivity index (χ3n) is 9.62. The third kappa shape index (κ3) is 21.5. The molecule has 0 spiro atoms. The normalized spacial score (nSPS) is 13.2. The molecule has 1 rings (SSSR count). The number of imidazole rings is 1. The summed E-state index contributed by atoms with van der Waals surface area (Å²) in [5.41, 5.74) is 0. The van der Waals surface area contributed by atoms with Crippen molar-refractivity contribution in [2.45, 2.75) is 232 Å². The van der Waals surface area contributed by atoms with E-state index in [9.17, 15) is 0 Å². The lowest BCUT2D eigenvalue weighted by Crippen LogP contribution is -2.41. The highest BCUT2D eigenvalue weighted by Gasteiger charge is 2.24. The Labute approximate surface area is 259 Å². The molecule has 41 heavy (non-hydrogen) atoms. The van der Waals surface area contributed by atoms with E-state index in [4.69, 9.17) is 0 Å². The second-order valence-electron chi connectivity index (χ2n) is 13.6. The van der Waals surface area contributed by atoms with Gasteiger partial charge < -0.3 is 0 Å². The van der Waals surface area contributed by atoms with Gasteiger partial charge in [-0.1, -0.05) is 188 Å². The van der Waals surface area contributed by atoms with Gasteiger partial charge in [0.2, 0.25) is 0 Å². The molecule has 0 saturated heterocycles. The molecule has 0 radical (unpaired) electrons. The molecule has 0 aliphatic heterocycles. The van der Waals surface area contributed by atoms with Crippen LogP contribution in [0.2, 0.25) is 0 Å². The van der Waals surface area contributed by atoms with Crippen LogP contribution in [0.25, 0.3) is 0 Å². The molecule has 2 unspecified atom stereocenters. The van der Waals surface area contributed by atoms with E-state index in [-0.39, 0.29) is 0 Å². The summed E-state index contributed by atoms with van der Waals surface area (Å²) >= 11 is 0. The zero-order chi connectivity index (χ0) is 29.6. The van der Waals surface area contributed by atoms with Gasteiger partial charge in [-0.15, -0.1) is 0 Å². The topological polar surface area (TPSA) is 19.7 Å². The van der Waals surface area contributed by atoms with E-state index in [1.54, 1.807) is 0 Å². The molecule has 1 heterocycles. The van der Waals surface area contributed by atoms with Gasteiger partial charge in [-0.2, -0.15) is 0 Å². The molecule has 0 aliphatic carbocycles. The van der Waals surface area contributed by atoms with Gasteiger partial charge in [0, 0.05) is 0 Å². The molecule has 242 valence electrons. The Kier molecular flexibility index (Phi) is 27.3. The Morgan fingerprint density at radius 3 is 1.22 bits per heavy atom. The van der Waals surface area contributed by atoms with Gasteiger partial charge in [0.05, 0.1) is 12.0 Å². The number of nitrogens with zero attached hydrogens (tertiary/aromatic N) is 1. The molecule has 0 aliphatic rings. The number of hydrogen-bond acceptors (Lipinski definition) is 0. The minimum atomic E-state index is 0.621. The number of aromatic nitrogens is 2. The molecular weight excluding hydrogens is 496 g/mol. The predicted octanol–water partition coefficient (Wildman–Crippen LogP) is 13.7. The van der Waals surface area contributed by atoms with Crippen molar-refractivity contribution in [3.8, 4) is 0 Å². The maximum Gasteiger partial charge on any atom is 0.257 e. The quantitative estimate of drug-likeness (QED) is 0.0653. The van der Waals surface area contributed by atoms with Crippen molar-refractivity contribution in [1.29, 1.82) is 0 Å². The van der Waals surface area contributed by atoms with E-state index in [0.717, 1.165) is 0 Å². The van der Waals surface area contributed by atoms with Crippen molar-refractivity contribution < 1.29 is 4.57 Å². The van der Waals surface area contributed by atoms with Crippen LogP contribution < -0.4 is 4.57 Å². The van der Waals surface area contributed by atoms with Crippen molar-refractivity contribution >= 4 is 0 Å². The highest BCUT2D eigenvalue weighted by Crippen LogP contribution is 2.26. The van der Waals surface area contributed by atoms with E-state index >= 15 is 0 Å². The summed E-state index contributed by atoms with van der Waals surface area (Å²) in [5, 5.41) is 0. The first-order valence-electron chi connectivity index (χ1n) is 19.3. The molecule has 0 amide bonds. The second kappa shape index (κ2) is 29.3. The molecule has 2 heteroatoms. The fourth-order valence-electron chi connectivity index (χ4n) is 6.84. The summed E-state index contributed by atoms with van der Waals surface area (Å²) in [7, 11) is 0. The van der Waals surface area contributed by atoms with Gasteiger partial charge >= 0.3 is 0 Å². The van der Waals surface area contributed by atoms with Crippen molar-refractivity contribution in [2.75, 3.05) is 0 Å². The predicted molar refractivity (Wildman–Crippen MR) is 184 cm³/mol. The standard InChI is InChI=1S/C39H76N2/c1-5-8-10-12-14-16-18-19-20-21-22-23-25-27-29-31-34-38(32-7-3)39-40-35-36-41(39)37(4)33-30-28-26-24-17-15-13-11-9-6-2/h35-38H,5-34H2,1-4H3/p+1. The third-order valence-corrected chi connectivity index (χ3v) is 9.62. The first kappa shape index (κ1) is 38.2. The monoisotopic (exact) mass is 574 g/mol. The largest absolute Gasteiger partial charge is 0.257 e. The van der Waals surface area contributed by atoms with Crippen LogP contribution in [0.3, 0.4) is 0 Å². The SMILES string of the molecule is CCCCCCCCCCCCCCCCCCC(CCC)c1[nH]cc[n+]1C(C)CCCCCCCCCCCC. The van der Waals surface area contributed by atoms with E-state index in [0.29, 0.717) is 12.0 Å². The van der Waals surface area contributed by atoms with E-state index < -0.39 is 0 Å². The Morgan fingerprint density at radius 1 is 0.463 bits per heavy atom. The summed E-state index contributed by atoms with van der Waals surface area (Å²) in [5.74, 6) is 2.21. The lowest BCUT2D eigenvalue weighted by molar-refractivity contribution is -0.727. The van der Waals surface area contributed by atoms with E-state index in [1.165, 1.54) is 198 Å². The Morgan fingerprint density at radius 2 is 0.829 bits per heavy atom. The molecule has 0 bridgehead atoms. The molecular formula is C39H77N2+. The Balaban J connectivity index is 2.11. The number of aromatic amines is 1. The summed E-state index contributed by atoms with van der Waals surface area (Å²) in [4.78, 5) is 3.68. The first-order valence-corrected chi connectivity index (χ1v) is 19.3. The maximum atomic E-state index is 3.68. The van der Waals surface area contributed by atoms with Crippen LogP contribution in [0, 0.1) is 0 Å². The lowest BCUT2D eigenvalue weighted by atomic mass is 9.94. The lowest BCUT2D eigenvalue weighted by Gasteiger charge is -2.16. The second-order valence-corrected chi connectivity index (χ2v) is 13.6. The highest BCUT2D eigenvalue weighted by molar-refractivity contribution is 4.90. The zero-order valence-electron chi connectivity index (χ0n) is 29.0. The summed E-state index contributed by atoms with van der Waals surface area (Å²) in [6.45, 7) is 9.42. The number of nitrogens with one attached hydrogen (secondary N) is 1. The van der Waals surface area contributed by atoms with Gasteiger partial charge in [0.15, 0.2) is 0 Å². The molecule has 1 aromatic rings. The van der Waals surface area contributed by atoms with Gasteiger partial charge in [0.25, 0.3) is 5.82 Å². The van der Waals surface area contributed by atoms with Crippen LogP contribution in [0.4, 0.5) is 0 Å². The molecule has 2 atom stereocenters. The number of H-pyrrole nitrogens is 1. The van der Waals surface area contributed by atoms with Crippen LogP contribution in [0.15, 0.2) is 12.4 Å². The highest BCUT2D eigenvalue weighted by atomic mass is 15.1. The average molecular weight is 574 g/mol. The van der Waals surface area contributed by atoms with E-state index in [2.05, 4.69) is 49.6 Å². The molecule has 0 fully saturated rings. The van der Waals surface area contributed by atoms with Crippen LogP contribution in [-0.2, 0) is 0 Å². The van der Waals surface area contributed by atoms with Crippen molar-refractivity contribution in [1.82, 2.24) is 4.98 Å². The molecule has 0 aromatic carbocycles. The minimum Gasteiger partial charge on any atom is -0.247 e. The van der Waals surface area contributed by atoms with E-state index in [1.807, 2.05) is 0 Å². The minimum absolute atomic E-state index is 0.621. The van der Waals surface area contributed by atoms with Crippen LogP contribution >= 0.6 is 0 Å². The van der Waals surface area contributed by atoms with Crippen LogP contribution in [0.5, 0.6) is 0 Å². The number of rotatable bonds is 32. The molecule has 1 N–H and O–H groups in total. The number of unbranched alkanes of at least 4 members (excludes halogenated alkanes) is 24. The Hall–Kier alpha value is -0.790. The van der Waals surface area contributed by atoms with Crippen molar-refractivity contribution in [3.63, 3.8) is 0 Å². The molecule has 1 aromatic heterocycles. The zero-order valence-corrected chi connectivity index (χ0v) is 29.0. The fraction of sp³-hybridized carbons (Fsp3) is 0.923. The van der Waals surface area contributed by atoms with Crippen LogP contribution in [-0.4, -0.2) is 4.98 Å². The van der Waals surface area contributed by atoms with Gasteiger partial charge in [0.1, 0.15) is 12.4 Å².